The Bertz CT molecular complexity index is 438. The lowest BCUT2D eigenvalue weighted by Gasteiger charge is -2.22. The van der Waals surface area contributed by atoms with Crippen molar-refractivity contribution in [3.05, 3.63) is 33.3 Å². The molecule has 2 unspecified atom stereocenters. The van der Waals surface area contributed by atoms with Crippen LogP contribution in [-0.4, -0.2) is 31.6 Å². The molecule has 0 saturated carbocycles. The summed E-state index contributed by atoms with van der Waals surface area (Å²) in [5.74, 6) is 0.902. The van der Waals surface area contributed by atoms with Gasteiger partial charge in [-0.2, -0.15) is 0 Å². The molecule has 2 rings (SSSR count). The highest BCUT2D eigenvalue weighted by Gasteiger charge is 2.22. The molecule has 0 spiro atoms. The highest BCUT2D eigenvalue weighted by Crippen LogP contribution is 2.29. The highest BCUT2D eigenvalue weighted by atomic mass is 79.9. The second-order valence-corrected chi connectivity index (χ2v) is 6.98. The lowest BCUT2D eigenvalue weighted by atomic mass is 10.0. The van der Waals surface area contributed by atoms with E-state index in [0.717, 1.165) is 28.4 Å². The molecule has 20 heavy (non-hydrogen) atoms. The summed E-state index contributed by atoms with van der Waals surface area (Å²) in [4.78, 5) is 2.59. The third-order valence-corrected chi connectivity index (χ3v) is 5.19. The van der Waals surface area contributed by atoms with E-state index in [9.17, 15) is 0 Å². The standard InChI is InChI=1S/C16H24BrClN2/c1-3-12-6-8-20(11-12)9-7-16(19-2)14-5-4-13(17)10-15(14)18/h4-5,10,12,16,19H,3,6-9,11H2,1-2H3. The van der Waals surface area contributed by atoms with Crippen LogP contribution in [-0.2, 0) is 0 Å². The van der Waals surface area contributed by atoms with Crippen molar-refractivity contribution in [2.45, 2.75) is 32.2 Å². The molecule has 1 aliphatic rings. The molecule has 0 aromatic heterocycles. The number of hydrogen-bond acceptors (Lipinski definition) is 2. The topological polar surface area (TPSA) is 15.3 Å². The minimum Gasteiger partial charge on any atom is -0.313 e. The summed E-state index contributed by atoms with van der Waals surface area (Å²) in [6.07, 6.45) is 3.78. The van der Waals surface area contributed by atoms with Crippen molar-refractivity contribution in [3.8, 4) is 0 Å². The fourth-order valence-corrected chi connectivity index (χ4v) is 3.81. The van der Waals surface area contributed by atoms with E-state index in [1.54, 1.807) is 0 Å². The normalized spacial score (nSPS) is 21.3. The first kappa shape index (κ1) is 16.3. The summed E-state index contributed by atoms with van der Waals surface area (Å²) in [7, 11) is 2.02. The second-order valence-electron chi connectivity index (χ2n) is 5.66. The van der Waals surface area contributed by atoms with E-state index in [0.29, 0.717) is 6.04 Å². The lowest BCUT2D eigenvalue weighted by molar-refractivity contribution is 0.301. The first-order valence-corrected chi connectivity index (χ1v) is 8.65. The quantitative estimate of drug-likeness (QED) is 0.805. The molecule has 2 atom stereocenters. The van der Waals surface area contributed by atoms with Gasteiger partial charge in [0.1, 0.15) is 0 Å². The van der Waals surface area contributed by atoms with Gasteiger partial charge in [-0.25, -0.2) is 0 Å². The molecule has 0 radical (unpaired) electrons. The molecule has 1 heterocycles. The van der Waals surface area contributed by atoms with Gasteiger partial charge in [0.15, 0.2) is 0 Å². The fraction of sp³-hybridized carbons (Fsp3) is 0.625. The molecule has 1 saturated heterocycles. The molecular formula is C16H24BrClN2. The SMILES string of the molecule is CCC1CCN(CCC(NC)c2ccc(Br)cc2Cl)C1. The van der Waals surface area contributed by atoms with E-state index in [-0.39, 0.29) is 0 Å². The number of halogens is 2. The Hall–Kier alpha value is -0.0900. The summed E-state index contributed by atoms with van der Waals surface area (Å²) in [6, 6.07) is 6.49. The average Bonchev–Trinajstić information content (AvgIpc) is 2.89. The molecule has 0 aliphatic carbocycles. The van der Waals surface area contributed by atoms with Crippen molar-refractivity contribution in [2.24, 2.45) is 5.92 Å². The molecule has 1 aromatic rings. The van der Waals surface area contributed by atoms with Crippen LogP contribution in [0.3, 0.4) is 0 Å². The van der Waals surface area contributed by atoms with Gasteiger partial charge in [-0.05, 0) is 56.6 Å². The van der Waals surface area contributed by atoms with Gasteiger partial charge in [0.2, 0.25) is 0 Å². The Morgan fingerprint density at radius 3 is 2.90 bits per heavy atom. The zero-order valence-electron chi connectivity index (χ0n) is 12.3. The molecule has 0 amide bonds. The van der Waals surface area contributed by atoms with E-state index in [1.807, 2.05) is 13.1 Å². The van der Waals surface area contributed by atoms with Crippen LogP contribution < -0.4 is 5.32 Å². The fourth-order valence-electron chi connectivity index (χ4n) is 3.00. The van der Waals surface area contributed by atoms with Crippen molar-refractivity contribution in [1.82, 2.24) is 10.2 Å². The molecule has 0 bridgehead atoms. The van der Waals surface area contributed by atoms with Crippen LogP contribution in [0.25, 0.3) is 0 Å². The van der Waals surface area contributed by atoms with Gasteiger partial charge in [-0.15, -0.1) is 0 Å². The minimum atomic E-state index is 0.330. The van der Waals surface area contributed by atoms with E-state index in [1.165, 1.54) is 31.5 Å². The molecule has 4 heteroatoms. The van der Waals surface area contributed by atoms with E-state index >= 15 is 0 Å². The molecule has 1 aromatic carbocycles. The Morgan fingerprint density at radius 2 is 2.30 bits per heavy atom. The third-order valence-electron chi connectivity index (χ3n) is 4.37. The maximum absolute atomic E-state index is 6.36. The number of hydrogen-bond donors (Lipinski definition) is 1. The smallest absolute Gasteiger partial charge is 0.0465 e. The van der Waals surface area contributed by atoms with E-state index in [4.69, 9.17) is 11.6 Å². The lowest BCUT2D eigenvalue weighted by Crippen LogP contribution is -2.27. The van der Waals surface area contributed by atoms with Crippen molar-refractivity contribution in [1.29, 1.82) is 0 Å². The van der Waals surface area contributed by atoms with Gasteiger partial charge in [-0.1, -0.05) is 46.9 Å². The van der Waals surface area contributed by atoms with Gasteiger partial charge < -0.3 is 10.2 Å². The van der Waals surface area contributed by atoms with Crippen molar-refractivity contribution in [3.63, 3.8) is 0 Å². The van der Waals surface area contributed by atoms with Crippen molar-refractivity contribution >= 4 is 27.5 Å². The van der Waals surface area contributed by atoms with Crippen LogP contribution in [0.15, 0.2) is 22.7 Å². The van der Waals surface area contributed by atoms with E-state index < -0.39 is 0 Å². The van der Waals surface area contributed by atoms with Crippen molar-refractivity contribution < 1.29 is 0 Å². The van der Waals surface area contributed by atoms with Crippen LogP contribution in [0.1, 0.15) is 37.8 Å². The molecule has 1 N–H and O–H groups in total. The van der Waals surface area contributed by atoms with Crippen molar-refractivity contribution in [2.75, 3.05) is 26.7 Å². The summed E-state index contributed by atoms with van der Waals surface area (Å²) >= 11 is 9.82. The monoisotopic (exact) mass is 358 g/mol. The van der Waals surface area contributed by atoms with Gasteiger partial charge in [-0.3, -0.25) is 0 Å². The maximum Gasteiger partial charge on any atom is 0.0465 e. The average molecular weight is 360 g/mol. The summed E-state index contributed by atoms with van der Waals surface area (Å²) in [5.41, 5.74) is 1.20. The molecule has 2 nitrogen and oxygen atoms in total. The summed E-state index contributed by atoms with van der Waals surface area (Å²) in [6.45, 7) is 5.96. The largest absolute Gasteiger partial charge is 0.313 e. The highest BCUT2D eigenvalue weighted by molar-refractivity contribution is 9.10. The van der Waals surface area contributed by atoms with E-state index in [2.05, 4.69) is 45.2 Å². The summed E-state index contributed by atoms with van der Waals surface area (Å²) < 4.78 is 1.03. The number of nitrogens with one attached hydrogen (secondary N) is 1. The zero-order valence-corrected chi connectivity index (χ0v) is 14.7. The van der Waals surface area contributed by atoms with Crippen LogP contribution >= 0.6 is 27.5 Å². The van der Waals surface area contributed by atoms with Crippen LogP contribution in [0.5, 0.6) is 0 Å². The molecule has 1 fully saturated rings. The van der Waals surface area contributed by atoms with Gasteiger partial charge in [0.25, 0.3) is 0 Å². The maximum atomic E-state index is 6.36. The number of nitrogens with zero attached hydrogens (tertiary/aromatic N) is 1. The van der Waals surface area contributed by atoms with Gasteiger partial charge in [0.05, 0.1) is 0 Å². The summed E-state index contributed by atoms with van der Waals surface area (Å²) in [5, 5.41) is 4.24. The second kappa shape index (κ2) is 7.79. The predicted octanol–water partition coefficient (Wildman–Crippen LogP) is 4.49. The molecule has 1 aliphatic heterocycles. The number of likely N-dealkylation sites (tertiary alicyclic amines) is 1. The Morgan fingerprint density at radius 1 is 1.50 bits per heavy atom. The molecule has 112 valence electrons. The van der Waals surface area contributed by atoms with Gasteiger partial charge >= 0.3 is 0 Å². The third kappa shape index (κ3) is 4.20. The van der Waals surface area contributed by atoms with Crippen LogP contribution in [0.4, 0.5) is 0 Å². The minimum absolute atomic E-state index is 0.330. The number of rotatable bonds is 6. The van der Waals surface area contributed by atoms with Crippen LogP contribution in [0.2, 0.25) is 5.02 Å². The zero-order chi connectivity index (χ0) is 14.5. The first-order chi connectivity index (χ1) is 9.63. The molecular weight excluding hydrogens is 336 g/mol. The Balaban J connectivity index is 1.92. The Labute approximate surface area is 136 Å². The first-order valence-electron chi connectivity index (χ1n) is 7.48. The van der Waals surface area contributed by atoms with Gasteiger partial charge in [0, 0.05) is 22.1 Å². The number of benzene rings is 1. The predicted molar refractivity (Wildman–Crippen MR) is 90.4 cm³/mol. The van der Waals surface area contributed by atoms with Crippen LogP contribution in [0, 0.1) is 5.92 Å². The Kier molecular flexibility index (Phi) is 6.34.